The minimum Gasteiger partial charge on any atom is -0.490 e. The van der Waals surface area contributed by atoms with E-state index in [4.69, 9.17) is 4.74 Å². The molecule has 1 rings (SSSR count). The van der Waals surface area contributed by atoms with Gasteiger partial charge >= 0.3 is 0 Å². The third kappa shape index (κ3) is 2.68. The quantitative estimate of drug-likeness (QED) is 0.568. The molecule has 0 N–H and O–H groups in total. The zero-order valence-corrected chi connectivity index (χ0v) is 9.40. The van der Waals surface area contributed by atoms with Crippen molar-refractivity contribution in [1.29, 1.82) is 0 Å². The first kappa shape index (κ1) is 11.5. The van der Waals surface area contributed by atoms with Crippen LogP contribution in [0.3, 0.4) is 0 Å². The summed E-state index contributed by atoms with van der Waals surface area (Å²) in [4.78, 5) is 10.4. The second-order valence-corrected chi connectivity index (χ2v) is 3.83. The monoisotopic (exact) mass is 209 g/mol. The van der Waals surface area contributed by atoms with E-state index in [1.54, 1.807) is 13.0 Å². The Labute approximate surface area is 89.0 Å². The zero-order valence-electron chi connectivity index (χ0n) is 9.40. The van der Waals surface area contributed by atoms with Crippen LogP contribution in [0.15, 0.2) is 12.1 Å². The Hall–Kier alpha value is -1.58. The normalized spacial score (nSPS) is 10.5. The first-order valence-corrected chi connectivity index (χ1v) is 4.84. The van der Waals surface area contributed by atoms with Gasteiger partial charge in [-0.1, -0.05) is 0 Å². The number of ether oxygens (including phenoxy) is 1. The average molecular weight is 209 g/mol. The van der Waals surface area contributed by atoms with Gasteiger partial charge in [0.05, 0.1) is 16.6 Å². The maximum atomic E-state index is 10.8. The molecule has 0 aromatic heterocycles. The van der Waals surface area contributed by atoms with Gasteiger partial charge < -0.3 is 4.74 Å². The Balaban J connectivity index is 3.22. The standard InChI is InChI=1S/C11H15NO3/c1-7(2)15-11-6-8(3)5-10(9(11)4)12(13)14/h5-7H,1-4H3. The molecule has 0 fully saturated rings. The van der Waals surface area contributed by atoms with E-state index >= 15 is 0 Å². The fourth-order valence-electron chi connectivity index (χ4n) is 1.37. The lowest BCUT2D eigenvalue weighted by Crippen LogP contribution is -2.07. The second kappa shape index (κ2) is 4.29. The number of rotatable bonds is 3. The molecule has 4 heteroatoms. The van der Waals surface area contributed by atoms with E-state index in [-0.39, 0.29) is 16.7 Å². The molecule has 0 radical (unpaired) electrons. The van der Waals surface area contributed by atoms with Crippen LogP contribution in [0.4, 0.5) is 5.69 Å². The lowest BCUT2D eigenvalue weighted by molar-refractivity contribution is -0.385. The predicted molar refractivity (Wildman–Crippen MR) is 58.3 cm³/mol. The van der Waals surface area contributed by atoms with Crippen LogP contribution in [0, 0.1) is 24.0 Å². The van der Waals surface area contributed by atoms with Crippen molar-refractivity contribution in [3.05, 3.63) is 33.4 Å². The van der Waals surface area contributed by atoms with Crippen LogP contribution < -0.4 is 4.74 Å². The average Bonchev–Trinajstić information content (AvgIpc) is 2.09. The Morgan fingerprint density at radius 3 is 2.40 bits per heavy atom. The van der Waals surface area contributed by atoms with Crippen molar-refractivity contribution in [2.45, 2.75) is 33.8 Å². The maximum absolute atomic E-state index is 10.8. The smallest absolute Gasteiger partial charge is 0.276 e. The number of nitrogens with zero attached hydrogens (tertiary/aromatic N) is 1. The van der Waals surface area contributed by atoms with E-state index in [0.29, 0.717) is 11.3 Å². The number of nitro groups is 1. The van der Waals surface area contributed by atoms with Crippen LogP contribution in [-0.2, 0) is 0 Å². The molecular formula is C11H15NO3. The van der Waals surface area contributed by atoms with E-state index in [1.165, 1.54) is 0 Å². The summed E-state index contributed by atoms with van der Waals surface area (Å²) in [6.07, 6.45) is 0.0186. The SMILES string of the molecule is Cc1cc(OC(C)C)c(C)c([N+](=O)[O-])c1. The second-order valence-electron chi connectivity index (χ2n) is 3.83. The van der Waals surface area contributed by atoms with Gasteiger partial charge in [0.25, 0.3) is 5.69 Å². The van der Waals surface area contributed by atoms with Gasteiger partial charge in [-0.25, -0.2) is 0 Å². The highest BCUT2D eigenvalue weighted by molar-refractivity contribution is 5.51. The van der Waals surface area contributed by atoms with Gasteiger partial charge in [0.15, 0.2) is 0 Å². The van der Waals surface area contributed by atoms with E-state index in [2.05, 4.69) is 0 Å². The topological polar surface area (TPSA) is 52.4 Å². The molecule has 15 heavy (non-hydrogen) atoms. The summed E-state index contributed by atoms with van der Waals surface area (Å²) >= 11 is 0. The van der Waals surface area contributed by atoms with Crippen molar-refractivity contribution in [2.24, 2.45) is 0 Å². The Bertz CT molecular complexity index is 386. The van der Waals surface area contributed by atoms with Gasteiger partial charge in [-0.05, 0) is 39.3 Å². The van der Waals surface area contributed by atoms with Crippen molar-refractivity contribution >= 4 is 5.69 Å². The molecule has 0 aliphatic heterocycles. The van der Waals surface area contributed by atoms with Crippen LogP contribution in [0.2, 0.25) is 0 Å². The summed E-state index contributed by atoms with van der Waals surface area (Å²) in [6, 6.07) is 3.38. The molecule has 1 aromatic carbocycles. The molecule has 0 bridgehead atoms. The molecule has 0 saturated carbocycles. The Morgan fingerprint density at radius 1 is 1.33 bits per heavy atom. The van der Waals surface area contributed by atoms with Gasteiger partial charge in [0.1, 0.15) is 5.75 Å². The van der Waals surface area contributed by atoms with Crippen LogP contribution >= 0.6 is 0 Å². The summed E-state index contributed by atoms with van der Waals surface area (Å²) in [5.74, 6) is 0.594. The molecule has 0 saturated heterocycles. The van der Waals surface area contributed by atoms with Crippen molar-refractivity contribution in [1.82, 2.24) is 0 Å². The molecule has 0 heterocycles. The fourth-order valence-corrected chi connectivity index (χ4v) is 1.37. The molecular weight excluding hydrogens is 194 g/mol. The minimum atomic E-state index is -0.379. The Morgan fingerprint density at radius 2 is 1.93 bits per heavy atom. The molecule has 0 atom stereocenters. The first-order chi connectivity index (χ1) is 6.91. The number of hydrogen-bond acceptors (Lipinski definition) is 3. The highest BCUT2D eigenvalue weighted by Gasteiger charge is 2.16. The van der Waals surface area contributed by atoms with Gasteiger partial charge in [0.2, 0.25) is 0 Å². The van der Waals surface area contributed by atoms with Gasteiger partial charge in [-0.15, -0.1) is 0 Å². The van der Waals surface area contributed by atoms with E-state index in [0.717, 1.165) is 5.56 Å². The third-order valence-electron chi connectivity index (χ3n) is 2.04. The van der Waals surface area contributed by atoms with Crippen molar-refractivity contribution < 1.29 is 9.66 Å². The minimum absolute atomic E-state index is 0.0186. The largest absolute Gasteiger partial charge is 0.490 e. The van der Waals surface area contributed by atoms with Crippen molar-refractivity contribution in [3.8, 4) is 5.75 Å². The first-order valence-electron chi connectivity index (χ1n) is 4.84. The molecule has 0 amide bonds. The molecule has 1 aromatic rings. The van der Waals surface area contributed by atoms with Crippen LogP contribution in [-0.4, -0.2) is 11.0 Å². The van der Waals surface area contributed by atoms with Crippen LogP contribution in [0.1, 0.15) is 25.0 Å². The van der Waals surface area contributed by atoms with Crippen LogP contribution in [0.5, 0.6) is 5.75 Å². The lowest BCUT2D eigenvalue weighted by Gasteiger charge is -2.13. The predicted octanol–water partition coefficient (Wildman–Crippen LogP) is 3.00. The number of benzene rings is 1. The number of hydrogen-bond donors (Lipinski definition) is 0. The molecule has 0 aliphatic carbocycles. The third-order valence-corrected chi connectivity index (χ3v) is 2.04. The van der Waals surface area contributed by atoms with Gasteiger partial charge in [-0.2, -0.15) is 0 Å². The van der Waals surface area contributed by atoms with Crippen molar-refractivity contribution in [2.75, 3.05) is 0 Å². The molecule has 4 nitrogen and oxygen atoms in total. The van der Waals surface area contributed by atoms with Crippen LogP contribution in [0.25, 0.3) is 0 Å². The summed E-state index contributed by atoms with van der Waals surface area (Å²) in [6.45, 7) is 7.32. The summed E-state index contributed by atoms with van der Waals surface area (Å²) in [7, 11) is 0. The number of aryl methyl sites for hydroxylation is 1. The summed E-state index contributed by atoms with van der Waals surface area (Å²) in [5, 5.41) is 10.8. The van der Waals surface area contributed by atoms with Gasteiger partial charge in [0, 0.05) is 6.07 Å². The molecule has 0 aliphatic rings. The highest BCUT2D eigenvalue weighted by Crippen LogP contribution is 2.29. The fraction of sp³-hybridized carbons (Fsp3) is 0.455. The summed E-state index contributed by atoms with van der Waals surface area (Å²) in [5.41, 5.74) is 1.54. The van der Waals surface area contributed by atoms with Gasteiger partial charge in [-0.3, -0.25) is 10.1 Å². The Kier molecular flexibility index (Phi) is 3.29. The number of nitro benzene ring substituents is 1. The van der Waals surface area contributed by atoms with E-state index < -0.39 is 0 Å². The van der Waals surface area contributed by atoms with E-state index in [1.807, 2.05) is 26.8 Å². The molecule has 82 valence electrons. The molecule has 0 spiro atoms. The maximum Gasteiger partial charge on any atom is 0.276 e. The lowest BCUT2D eigenvalue weighted by atomic mass is 10.1. The van der Waals surface area contributed by atoms with Crippen molar-refractivity contribution in [3.63, 3.8) is 0 Å². The molecule has 0 unspecified atom stereocenters. The zero-order chi connectivity index (χ0) is 11.6. The summed E-state index contributed by atoms with van der Waals surface area (Å²) < 4.78 is 5.51. The van der Waals surface area contributed by atoms with E-state index in [9.17, 15) is 10.1 Å². The highest BCUT2D eigenvalue weighted by atomic mass is 16.6.